The van der Waals surface area contributed by atoms with Gasteiger partial charge in [0, 0.05) is 0 Å². The number of ether oxygens (including phenoxy) is 3. The summed E-state index contributed by atoms with van der Waals surface area (Å²) < 4.78 is 17.8. The number of rotatable bonds is 12. The third-order valence-corrected chi connectivity index (χ3v) is 7.29. The van der Waals surface area contributed by atoms with Crippen LogP contribution in [0.15, 0.2) is 66.7 Å². The van der Waals surface area contributed by atoms with Gasteiger partial charge < -0.3 is 19.3 Å². The first kappa shape index (κ1) is 26.9. The van der Waals surface area contributed by atoms with Crippen LogP contribution >= 0.6 is 0 Å². The van der Waals surface area contributed by atoms with Gasteiger partial charge in [0.2, 0.25) is 0 Å². The van der Waals surface area contributed by atoms with Crippen molar-refractivity contribution >= 4 is 5.97 Å². The van der Waals surface area contributed by atoms with Gasteiger partial charge in [-0.15, -0.1) is 0 Å². The number of aromatic carboxylic acids is 1. The highest BCUT2D eigenvalue weighted by molar-refractivity contribution is 5.96. The predicted octanol–water partition coefficient (Wildman–Crippen LogP) is 7.44. The number of methoxy groups -OCH3 is 1. The third-order valence-electron chi connectivity index (χ3n) is 7.29. The maximum atomic E-state index is 11.9. The van der Waals surface area contributed by atoms with Crippen LogP contribution in [0.3, 0.4) is 0 Å². The second-order valence-corrected chi connectivity index (χ2v) is 10.0. The second kappa shape index (κ2) is 13.4. The standard InChI is InChI=1S/C32H38O5/c1-23-8-6-7-11-29(23)31-19-26(14-17-30(31)32(33)34)20-36-22-28(18-24-9-4-3-5-10-24)37-21-25-12-15-27(35-2)16-13-25/h6-8,11-17,19,24,28H,3-5,9-10,18,20-22H2,1-2H3,(H,33,34)/t28-/m0/s1. The van der Waals surface area contributed by atoms with Gasteiger partial charge in [-0.1, -0.05) is 74.6 Å². The van der Waals surface area contributed by atoms with Gasteiger partial charge in [-0.3, -0.25) is 0 Å². The van der Waals surface area contributed by atoms with E-state index in [2.05, 4.69) is 0 Å². The van der Waals surface area contributed by atoms with Gasteiger partial charge in [-0.25, -0.2) is 4.79 Å². The van der Waals surface area contributed by atoms with E-state index < -0.39 is 5.97 Å². The van der Waals surface area contributed by atoms with E-state index in [9.17, 15) is 9.90 Å². The molecule has 37 heavy (non-hydrogen) atoms. The average Bonchev–Trinajstić information content (AvgIpc) is 2.92. The summed E-state index contributed by atoms with van der Waals surface area (Å²) in [5.41, 5.74) is 5.07. The minimum Gasteiger partial charge on any atom is -0.497 e. The van der Waals surface area contributed by atoms with E-state index in [1.807, 2.05) is 67.6 Å². The monoisotopic (exact) mass is 502 g/mol. The molecule has 5 nitrogen and oxygen atoms in total. The molecule has 1 saturated carbocycles. The van der Waals surface area contributed by atoms with Crippen LogP contribution in [0, 0.1) is 12.8 Å². The molecular formula is C32H38O5. The summed E-state index contributed by atoms with van der Waals surface area (Å²) in [6.45, 7) is 3.45. The first-order chi connectivity index (χ1) is 18.0. The summed E-state index contributed by atoms with van der Waals surface area (Å²) in [6, 6.07) is 21.3. The molecule has 5 heteroatoms. The molecule has 0 saturated heterocycles. The van der Waals surface area contributed by atoms with E-state index in [4.69, 9.17) is 14.2 Å². The SMILES string of the molecule is COc1ccc(CO[C@H](COCc2ccc(C(=O)O)c(-c3ccccc3C)c2)CC2CCCCC2)cc1. The highest BCUT2D eigenvalue weighted by Crippen LogP contribution is 2.30. The molecular weight excluding hydrogens is 464 g/mol. The van der Waals surface area contributed by atoms with Crippen LogP contribution in [-0.4, -0.2) is 30.9 Å². The Morgan fingerprint density at radius 3 is 2.35 bits per heavy atom. The lowest BCUT2D eigenvalue weighted by molar-refractivity contribution is -0.0424. The third kappa shape index (κ3) is 7.67. The minimum atomic E-state index is -0.926. The van der Waals surface area contributed by atoms with Crippen LogP contribution in [0.25, 0.3) is 11.1 Å². The fraction of sp³-hybridized carbons (Fsp3) is 0.406. The van der Waals surface area contributed by atoms with E-state index in [1.54, 1.807) is 13.2 Å². The zero-order chi connectivity index (χ0) is 26.0. The van der Waals surface area contributed by atoms with Gasteiger partial charge in [-0.05, 0) is 71.3 Å². The Morgan fingerprint density at radius 1 is 0.919 bits per heavy atom. The first-order valence-electron chi connectivity index (χ1n) is 13.3. The molecule has 0 aliphatic heterocycles. The van der Waals surface area contributed by atoms with E-state index in [0.717, 1.165) is 40.0 Å². The molecule has 1 aliphatic carbocycles. The summed E-state index contributed by atoms with van der Waals surface area (Å²) in [6.07, 6.45) is 7.47. The number of aryl methyl sites for hydroxylation is 1. The fourth-order valence-electron chi connectivity index (χ4n) is 5.19. The summed E-state index contributed by atoms with van der Waals surface area (Å²) in [4.78, 5) is 11.9. The zero-order valence-electron chi connectivity index (χ0n) is 21.9. The van der Waals surface area contributed by atoms with Gasteiger partial charge in [0.15, 0.2) is 0 Å². The first-order valence-corrected chi connectivity index (χ1v) is 13.3. The molecule has 1 N–H and O–H groups in total. The fourth-order valence-corrected chi connectivity index (χ4v) is 5.19. The molecule has 1 fully saturated rings. The summed E-state index contributed by atoms with van der Waals surface area (Å²) in [7, 11) is 1.67. The van der Waals surface area contributed by atoms with E-state index in [0.29, 0.717) is 31.3 Å². The molecule has 0 aromatic heterocycles. The van der Waals surface area contributed by atoms with Gasteiger partial charge >= 0.3 is 5.97 Å². The highest BCUT2D eigenvalue weighted by atomic mass is 16.5. The van der Waals surface area contributed by atoms with Crippen molar-refractivity contribution in [3.05, 3.63) is 89.0 Å². The maximum Gasteiger partial charge on any atom is 0.336 e. The molecule has 4 rings (SSSR count). The Balaban J connectivity index is 1.41. The number of benzene rings is 3. The number of hydrogen-bond donors (Lipinski definition) is 1. The normalized spacial score (nSPS) is 14.9. The number of hydrogen-bond acceptors (Lipinski definition) is 4. The van der Waals surface area contributed by atoms with Crippen molar-refractivity contribution in [2.45, 2.75) is 64.8 Å². The van der Waals surface area contributed by atoms with Gasteiger partial charge in [0.25, 0.3) is 0 Å². The van der Waals surface area contributed by atoms with E-state index in [-0.39, 0.29) is 6.10 Å². The van der Waals surface area contributed by atoms with Crippen LogP contribution < -0.4 is 4.74 Å². The summed E-state index contributed by atoms with van der Waals surface area (Å²) in [5.74, 6) is 0.593. The predicted molar refractivity (Wildman–Crippen MR) is 146 cm³/mol. The van der Waals surface area contributed by atoms with E-state index >= 15 is 0 Å². The molecule has 1 atom stereocenters. The second-order valence-electron chi connectivity index (χ2n) is 10.0. The molecule has 3 aromatic rings. The number of carboxylic acid groups (broad SMARTS) is 1. The van der Waals surface area contributed by atoms with Crippen LogP contribution in [0.4, 0.5) is 0 Å². The lowest BCUT2D eigenvalue weighted by Gasteiger charge is -2.27. The molecule has 0 amide bonds. The summed E-state index contributed by atoms with van der Waals surface area (Å²) >= 11 is 0. The molecule has 0 heterocycles. The number of carboxylic acids is 1. The molecule has 0 bridgehead atoms. The van der Waals surface area contributed by atoms with Crippen molar-refractivity contribution in [2.24, 2.45) is 5.92 Å². The lowest BCUT2D eigenvalue weighted by Crippen LogP contribution is -2.24. The lowest BCUT2D eigenvalue weighted by atomic mass is 9.85. The quantitative estimate of drug-likeness (QED) is 0.279. The number of carbonyl (C=O) groups is 1. The Labute approximate surface area is 220 Å². The molecule has 3 aromatic carbocycles. The summed E-state index contributed by atoms with van der Waals surface area (Å²) in [5, 5.41) is 9.74. The van der Waals surface area contributed by atoms with Crippen molar-refractivity contribution < 1.29 is 24.1 Å². The van der Waals surface area contributed by atoms with Crippen LogP contribution in [-0.2, 0) is 22.7 Å². The van der Waals surface area contributed by atoms with Crippen LogP contribution in [0.2, 0.25) is 0 Å². The molecule has 0 radical (unpaired) electrons. The van der Waals surface area contributed by atoms with Crippen LogP contribution in [0.1, 0.15) is 65.6 Å². The Kier molecular flexibility index (Phi) is 9.75. The zero-order valence-corrected chi connectivity index (χ0v) is 21.9. The van der Waals surface area contributed by atoms with Gasteiger partial charge in [0.05, 0.1) is 38.6 Å². The van der Waals surface area contributed by atoms with Crippen molar-refractivity contribution in [3.63, 3.8) is 0 Å². The Morgan fingerprint density at radius 2 is 1.65 bits per heavy atom. The van der Waals surface area contributed by atoms with Crippen molar-refractivity contribution in [2.75, 3.05) is 13.7 Å². The van der Waals surface area contributed by atoms with Gasteiger partial charge in [0.1, 0.15) is 5.75 Å². The average molecular weight is 503 g/mol. The molecule has 0 spiro atoms. The van der Waals surface area contributed by atoms with Gasteiger partial charge in [-0.2, -0.15) is 0 Å². The van der Waals surface area contributed by atoms with E-state index in [1.165, 1.54) is 32.1 Å². The Hall–Kier alpha value is -3.15. The largest absolute Gasteiger partial charge is 0.497 e. The van der Waals surface area contributed by atoms with Crippen molar-refractivity contribution in [1.29, 1.82) is 0 Å². The maximum absolute atomic E-state index is 11.9. The Bertz CT molecular complexity index is 1150. The molecule has 1 aliphatic rings. The molecule has 0 unspecified atom stereocenters. The minimum absolute atomic E-state index is 0.0133. The molecule has 196 valence electrons. The highest BCUT2D eigenvalue weighted by Gasteiger charge is 2.20. The van der Waals surface area contributed by atoms with Crippen molar-refractivity contribution in [1.82, 2.24) is 0 Å². The smallest absolute Gasteiger partial charge is 0.336 e. The topological polar surface area (TPSA) is 65.0 Å². The van der Waals surface area contributed by atoms with Crippen molar-refractivity contribution in [3.8, 4) is 16.9 Å². The van der Waals surface area contributed by atoms with Crippen LogP contribution in [0.5, 0.6) is 5.75 Å².